The van der Waals surface area contributed by atoms with Crippen molar-refractivity contribution >= 4 is 17.6 Å². The number of carboxylic acids is 1. The number of hydrogen-bond donors (Lipinski definition) is 1. The summed E-state index contributed by atoms with van der Waals surface area (Å²) in [6.07, 6.45) is 0. The van der Waals surface area contributed by atoms with Gasteiger partial charge >= 0.3 is 5.97 Å². The van der Waals surface area contributed by atoms with E-state index in [0.29, 0.717) is 22.0 Å². The summed E-state index contributed by atoms with van der Waals surface area (Å²) in [6, 6.07) is 6.84. The Bertz CT molecular complexity index is 683. The third-order valence-electron chi connectivity index (χ3n) is 2.87. The molecule has 1 heterocycles. The minimum Gasteiger partial charge on any atom is -0.477 e. The number of ether oxygens (including phenoxy) is 1. The highest BCUT2D eigenvalue weighted by Gasteiger charge is 2.17. The van der Waals surface area contributed by atoms with E-state index in [1.54, 1.807) is 38.1 Å². The van der Waals surface area contributed by atoms with Crippen LogP contribution in [0.25, 0.3) is 0 Å². The smallest absolute Gasteiger partial charge is 0.341 e. The van der Waals surface area contributed by atoms with E-state index in [-0.39, 0.29) is 11.4 Å². The second-order valence-corrected chi connectivity index (χ2v) is 4.99. The summed E-state index contributed by atoms with van der Waals surface area (Å²) < 4.78 is 5.62. The van der Waals surface area contributed by atoms with Gasteiger partial charge in [-0.1, -0.05) is 11.6 Å². The van der Waals surface area contributed by atoms with Gasteiger partial charge in [-0.25, -0.2) is 9.78 Å². The molecule has 2 aromatic rings. The van der Waals surface area contributed by atoms with Gasteiger partial charge in [-0.05, 0) is 56.2 Å². The van der Waals surface area contributed by atoms with Crippen LogP contribution in [-0.4, -0.2) is 16.1 Å². The summed E-state index contributed by atoms with van der Waals surface area (Å²) in [4.78, 5) is 15.5. The lowest BCUT2D eigenvalue weighted by Gasteiger charge is -2.11. The topological polar surface area (TPSA) is 59.4 Å². The lowest BCUT2D eigenvalue weighted by atomic mass is 10.1. The number of aromatic carboxylic acids is 1. The van der Waals surface area contributed by atoms with Gasteiger partial charge in [0.25, 0.3) is 0 Å². The number of carbonyl (C=O) groups is 1. The maximum Gasteiger partial charge on any atom is 0.341 e. The van der Waals surface area contributed by atoms with Crippen molar-refractivity contribution < 1.29 is 14.6 Å². The van der Waals surface area contributed by atoms with E-state index in [9.17, 15) is 9.90 Å². The number of rotatable bonds is 3. The first-order chi connectivity index (χ1) is 9.38. The Morgan fingerprint density at radius 3 is 2.50 bits per heavy atom. The highest BCUT2D eigenvalue weighted by molar-refractivity contribution is 6.31. The van der Waals surface area contributed by atoms with Crippen LogP contribution in [0.15, 0.2) is 24.3 Å². The normalized spacial score (nSPS) is 10.4. The minimum atomic E-state index is -1.06. The maximum absolute atomic E-state index is 11.3. The van der Waals surface area contributed by atoms with Crippen molar-refractivity contribution in [2.45, 2.75) is 20.8 Å². The highest BCUT2D eigenvalue weighted by Crippen LogP contribution is 2.28. The first-order valence-corrected chi connectivity index (χ1v) is 6.42. The van der Waals surface area contributed by atoms with E-state index in [2.05, 4.69) is 4.98 Å². The summed E-state index contributed by atoms with van der Waals surface area (Å²) in [7, 11) is 0. The van der Waals surface area contributed by atoms with E-state index < -0.39 is 5.97 Å². The number of halogens is 1. The Balaban J connectivity index is 2.47. The third kappa shape index (κ3) is 2.91. The molecule has 4 nitrogen and oxygen atoms in total. The van der Waals surface area contributed by atoms with Crippen LogP contribution in [0.4, 0.5) is 0 Å². The third-order valence-corrected chi connectivity index (χ3v) is 3.29. The molecule has 0 amide bonds. The molecular formula is C15H14ClNO3. The monoisotopic (exact) mass is 291 g/mol. The average Bonchev–Trinajstić information content (AvgIpc) is 2.32. The summed E-state index contributed by atoms with van der Waals surface area (Å²) in [5.74, 6) is -0.459. The zero-order valence-corrected chi connectivity index (χ0v) is 12.2. The first kappa shape index (κ1) is 14.3. The van der Waals surface area contributed by atoms with Crippen LogP contribution in [-0.2, 0) is 0 Å². The Morgan fingerprint density at radius 2 is 1.90 bits per heavy atom. The predicted molar refractivity (Wildman–Crippen MR) is 76.9 cm³/mol. The largest absolute Gasteiger partial charge is 0.477 e. The zero-order valence-electron chi connectivity index (χ0n) is 11.4. The Kier molecular flexibility index (Phi) is 3.95. The van der Waals surface area contributed by atoms with Crippen LogP contribution in [0.2, 0.25) is 5.02 Å². The SMILES string of the molecule is Cc1cc(C)c(C(=O)O)c(Oc2ccc(Cl)c(C)c2)n1. The van der Waals surface area contributed by atoms with Crippen molar-refractivity contribution in [1.82, 2.24) is 4.98 Å². The fraction of sp³-hybridized carbons (Fsp3) is 0.200. The van der Waals surface area contributed by atoms with Crippen molar-refractivity contribution in [3.63, 3.8) is 0 Å². The van der Waals surface area contributed by atoms with Gasteiger partial charge in [0.1, 0.15) is 11.3 Å². The molecule has 0 aliphatic heterocycles. The van der Waals surface area contributed by atoms with Gasteiger partial charge in [0, 0.05) is 10.7 Å². The van der Waals surface area contributed by atoms with Crippen LogP contribution in [0, 0.1) is 20.8 Å². The van der Waals surface area contributed by atoms with E-state index in [1.165, 1.54) is 0 Å². The van der Waals surface area contributed by atoms with Crippen LogP contribution in [0.1, 0.15) is 27.2 Å². The number of aryl methyl sites for hydroxylation is 3. The molecule has 1 aromatic carbocycles. The molecule has 104 valence electrons. The standard InChI is InChI=1S/C15H14ClNO3/c1-8-7-11(4-5-12(8)16)20-14-13(15(18)19)9(2)6-10(3)17-14/h4-7H,1-3H3,(H,18,19). The number of nitrogens with zero attached hydrogens (tertiary/aromatic N) is 1. The van der Waals surface area contributed by atoms with E-state index >= 15 is 0 Å². The van der Waals surface area contributed by atoms with E-state index in [0.717, 1.165) is 5.56 Å². The molecule has 0 saturated carbocycles. The highest BCUT2D eigenvalue weighted by atomic mass is 35.5. The molecule has 0 fully saturated rings. The number of pyridine rings is 1. The van der Waals surface area contributed by atoms with E-state index in [1.807, 2.05) is 6.92 Å². The quantitative estimate of drug-likeness (QED) is 0.923. The molecule has 1 N–H and O–H groups in total. The summed E-state index contributed by atoms with van der Waals surface area (Å²) >= 11 is 5.95. The van der Waals surface area contributed by atoms with Gasteiger partial charge in [0.05, 0.1) is 0 Å². The molecule has 0 bridgehead atoms. The molecule has 5 heteroatoms. The molecule has 0 saturated heterocycles. The molecule has 20 heavy (non-hydrogen) atoms. The lowest BCUT2D eigenvalue weighted by Crippen LogP contribution is -2.06. The van der Waals surface area contributed by atoms with Gasteiger partial charge in [-0.15, -0.1) is 0 Å². The van der Waals surface area contributed by atoms with Crippen LogP contribution in [0.3, 0.4) is 0 Å². The molecule has 1 aromatic heterocycles. The number of benzene rings is 1. The molecule has 0 atom stereocenters. The van der Waals surface area contributed by atoms with Crippen molar-refractivity contribution in [1.29, 1.82) is 0 Å². The minimum absolute atomic E-state index is 0.0724. The Hall–Kier alpha value is -2.07. The summed E-state index contributed by atoms with van der Waals surface area (Å²) in [6.45, 7) is 5.36. The predicted octanol–water partition coefficient (Wildman–Crippen LogP) is 4.15. The molecule has 2 rings (SSSR count). The zero-order chi connectivity index (χ0) is 14.9. The second kappa shape index (κ2) is 5.51. The van der Waals surface area contributed by atoms with Gasteiger partial charge in [-0.2, -0.15) is 0 Å². The summed E-state index contributed by atoms with van der Waals surface area (Å²) in [5.41, 5.74) is 2.24. The van der Waals surface area contributed by atoms with E-state index in [4.69, 9.17) is 16.3 Å². The molecule has 0 spiro atoms. The maximum atomic E-state index is 11.3. The number of carboxylic acid groups (broad SMARTS) is 1. The van der Waals surface area contributed by atoms with Gasteiger partial charge in [0.2, 0.25) is 5.88 Å². The average molecular weight is 292 g/mol. The molecule has 0 aliphatic carbocycles. The van der Waals surface area contributed by atoms with Crippen molar-refractivity contribution in [2.24, 2.45) is 0 Å². The lowest BCUT2D eigenvalue weighted by molar-refractivity contribution is 0.0692. The first-order valence-electron chi connectivity index (χ1n) is 6.04. The molecule has 0 radical (unpaired) electrons. The Labute approximate surface area is 122 Å². The molecule has 0 aliphatic rings. The van der Waals surface area contributed by atoms with Gasteiger partial charge < -0.3 is 9.84 Å². The van der Waals surface area contributed by atoms with Gasteiger partial charge in [0.15, 0.2) is 0 Å². The summed E-state index contributed by atoms with van der Waals surface area (Å²) in [5, 5.41) is 9.90. The van der Waals surface area contributed by atoms with Crippen LogP contribution < -0.4 is 4.74 Å². The number of hydrogen-bond acceptors (Lipinski definition) is 3. The second-order valence-electron chi connectivity index (χ2n) is 4.58. The fourth-order valence-electron chi connectivity index (χ4n) is 1.93. The van der Waals surface area contributed by atoms with Crippen LogP contribution >= 0.6 is 11.6 Å². The van der Waals surface area contributed by atoms with Crippen molar-refractivity contribution in [2.75, 3.05) is 0 Å². The molecule has 0 unspecified atom stereocenters. The van der Waals surface area contributed by atoms with Crippen LogP contribution in [0.5, 0.6) is 11.6 Å². The Morgan fingerprint density at radius 1 is 1.20 bits per heavy atom. The van der Waals surface area contributed by atoms with Gasteiger partial charge in [-0.3, -0.25) is 0 Å². The number of aromatic nitrogens is 1. The van der Waals surface area contributed by atoms with Crippen molar-refractivity contribution in [3.8, 4) is 11.6 Å². The molecular weight excluding hydrogens is 278 g/mol. The fourth-order valence-corrected chi connectivity index (χ4v) is 2.05. The van der Waals surface area contributed by atoms with Crippen molar-refractivity contribution in [3.05, 3.63) is 51.7 Å².